The van der Waals surface area contributed by atoms with Gasteiger partial charge < -0.3 is 20.1 Å². The second-order valence-electron chi connectivity index (χ2n) is 9.65. The van der Waals surface area contributed by atoms with Crippen molar-refractivity contribution >= 4 is 59.2 Å². The Hall–Kier alpha value is -2.17. The predicted molar refractivity (Wildman–Crippen MR) is 150 cm³/mol. The third-order valence-corrected chi connectivity index (χ3v) is 8.46. The van der Waals surface area contributed by atoms with E-state index in [4.69, 9.17) is 0 Å². The second kappa shape index (κ2) is 11.7. The Kier molecular flexibility index (Phi) is 8.81. The Morgan fingerprint density at radius 2 is 1.81 bits per heavy atom. The van der Waals surface area contributed by atoms with Crippen molar-refractivity contribution in [2.24, 2.45) is 0 Å². The molecule has 37 heavy (non-hydrogen) atoms. The van der Waals surface area contributed by atoms with E-state index in [2.05, 4.69) is 20.5 Å². The molecule has 3 aliphatic heterocycles. The first-order valence-electron chi connectivity index (χ1n) is 12.3. The minimum atomic E-state index is -0.203. The molecular formula is C26H30Cl2FN5O2S. The third kappa shape index (κ3) is 5.66. The van der Waals surface area contributed by atoms with E-state index in [1.807, 2.05) is 12.1 Å². The number of thioether (sulfide) groups is 1. The fourth-order valence-electron chi connectivity index (χ4n) is 5.60. The molecule has 3 aromatic rings. The number of nitrogens with zero attached hydrogens (tertiary/aromatic N) is 3. The van der Waals surface area contributed by atoms with E-state index in [9.17, 15) is 14.0 Å². The van der Waals surface area contributed by atoms with Gasteiger partial charge in [0.15, 0.2) is 0 Å². The van der Waals surface area contributed by atoms with Gasteiger partial charge in [0.1, 0.15) is 11.6 Å². The number of rotatable bonds is 5. The van der Waals surface area contributed by atoms with Crippen molar-refractivity contribution < 1.29 is 9.18 Å². The van der Waals surface area contributed by atoms with Crippen molar-refractivity contribution in [3.8, 4) is 0 Å². The summed E-state index contributed by atoms with van der Waals surface area (Å²) in [7, 11) is 0. The Balaban J connectivity index is 0.00000160. The predicted octanol–water partition coefficient (Wildman–Crippen LogP) is 4.16. The molecule has 2 N–H and O–H groups in total. The first kappa shape index (κ1) is 27.9. The number of pyridine rings is 2. The van der Waals surface area contributed by atoms with Gasteiger partial charge in [0.2, 0.25) is 5.91 Å². The zero-order valence-corrected chi connectivity index (χ0v) is 22.7. The fourth-order valence-corrected chi connectivity index (χ4v) is 6.36. The number of hydrogen-bond donors (Lipinski definition) is 2. The van der Waals surface area contributed by atoms with Crippen LogP contribution < -0.4 is 16.2 Å². The Morgan fingerprint density at radius 1 is 1.03 bits per heavy atom. The van der Waals surface area contributed by atoms with Gasteiger partial charge in [-0.25, -0.2) is 9.37 Å². The van der Waals surface area contributed by atoms with Crippen LogP contribution in [-0.2, 0) is 17.9 Å². The van der Waals surface area contributed by atoms with Crippen LogP contribution in [0.5, 0.6) is 0 Å². The van der Waals surface area contributed by atoms with Crippen molar-refractivity contribution in [1.29, 1.82) is 0 Å². The second-order valence-corrected chi connectivity index (χ2v) is 10.7. The molecule has 1 fully saturated rings. The normalized spacial score (nSPS) is 19.5. The lowest BCUT2D eigenvalue weighted by atomic mass is 9.88. The molecule has 1 aromatic carbocycles. The highest BCUT2D eigenvalue weighted by Crippen LogP contribution is 2.35. The zero-order chi connectivity index (χ0) is 23.9. The maximum atomic E-state index is 14.9. The molecule has 1 atom stereocenters. The molecule has 2 aromatic heterocycles. The Labute approximate surface area is 231 Å². The van der Waals surface area contributed by atoms with Gasteiger partial charge in [-0.3, -0.25) is 9.59 Å². The molecule has 7 nitrogen and oxygen atoms in total. The lowest BCUT2D eigenvalue weighted by Crippen LogP contribution is -2.44. The van der Waals surface area contributed by atoms with Gasteiger partial charge in [0.05, 0.1) is 21.9 Å². The van der Waals surface area contributed by atoms with Gasteiger partial charge in [0, 0.05) is 43.2 Å². The number of benzene rings is 1. The highest BCUT2D eigenvalue weighted by molar-refractivity contribution is 8.00. The molecule has 1 unspecified atom stereocenters. The van der Waals surface area contributed by atoms with Gasteiger partial charge >= 0.3 is 0 Å². The van der Waals surface area contributed by atoms with Crippen LogP contribution in [0.4, 0.5) is 10.2 Å². The van der Waals surface area contributed by atoms with Gasteiger partial charge in [-0.05, 0) is 68.1 Å². The molecular weight excluding hydrogens is 536 g/mol. The minimum Gasteiger partial charge on any atom is -0.309 e. The molecule has 0 radical (unpaired) electrons. The van der Waals surface area contributed by atoms with Gasteiger partial charge in [-0.15, -0.1) is 36.6 Å². The molecule has 5 heterocycles. The van der Waals surface area contributed by atoms with Crippen molar-refractivity contribution in [2.75, 3.05) is 30.7 Å². The van der Waals surface area contributed by atoms with E-state index < -0.39 is 0 Å². The van der Waals surface area contributed by atoms with Crippen LogP contribution in [0.1, 0.15) is 36.4 Å². The average molecular weight is 567 g/mol. The first-order chi connectivity index (χ1) is 17.0. The van der Waals surface area contributed by atoms with Crippen LogP contribution in [0.25, 0.3) is 10.9 Å². The lowest BCUT2D eigenvalue weighted by molar-refractivity contribution is -0.113. The summed E-state index contributed by atoms with van der Waals surface area (Å²) in [5, 5.41) is 7.40. The van der Waals surface area contributed by atoms with E-state index in [-0.39, 0.29) is 48.0 Å². The quantitative estimate of drug-likeness (QED) is 0.483. The summed E-state index contributed by atoms with van der Waals surface area (Å²) in [4.78, 5) is 32.0. The van der Waals surface area contributed by atoms with Crippen LogP contribution in [0.15, 0.2) is 46.1 Å². The lowest BCUT2D eigenvalue weighted by Gasteiger charge is -2.36. The fraction of sp³-hybridized carbons (Fsp3) is 0.423. The molecule has 1 saturated heterocycles. The molecule has 0 saturated carbocycles. The topological polar surface area (TPSA) is 79.3 Å². The summed E-state index contributed by atoms with van der Waals surface area (Å²) in [5.41, 5.74) is 2.35. The summed E-state index contributed by atoms with van der Waals surface area (Å²) in [6, 6.07) is 11.2. The van der Waals surface area contributed by atoms with E-state index in [1.165, 1.54) is 11.8 Å². The summed E-state index contributed by atoms with van der Waals surface area (Å²) < 4.78 is 16.7. The number of carbonyl (C=O) groups excluding carboxylic acids is 1. The maximum Gasteiger partial charge on any atom is 0.251 e. The Morgan fingerprint density at radius 3 is 2.62 bits per heavy atom. The number of carbonyl (C=O) groups is 1. The number of aryl methyl sites for hydroxylation is 1. The van der Waals surface area contributed by atoms with Crippen molar-refractivity contribution in [2.45, 2.75) is 49.2 Å². The van der Waals surface area contributed by atoms with E-state index >= 15 is 0 Å². The smallest absolute Gasteiger partial charge is 0.251 e. The number of nitrogens with one attached hydrogen (secondary N) is 2. The van der Waals surface area contributed by atoms with Gasteiger partial charge in [-0.2, -0.15) is 0 Å². The third-order valence-electron chi connectivity index (χ3n) is 7.42. The highest BCUT2D eigenvalue weighted by atomic mass is 35.5. The van der Waals surface area contributed by atoms with Gasteiger partial charge in [-0.1, -0.05) is 0 Å². The molecule has 3 aliphatic rings. The maximum absolute atomic E-state index is 14.9. The number of halogens is 3. The standard InChI is InChI=1S/C26H28FN5O2S.2ClH/c27-20-4-1-16-2-6-23(34)32-12-7-17(24(20)25(16)32)14-31-10-8-18(9-11-31)28-13-19-3-5-21-26(29-19)30-22(33)15-35-21;;/h1-6,17-18,28H,7-15H2,(H,29,30,33);2*1H. The SMILES string of the molecule is Cl.Cl.O=C1CSc2ccc(CNC3CCN(CC4CCn5c(=O)ccc6ccc(F)c4c65)CC3)nc2N1. The van der Waals surface area contributed by atoms with Crippen LogP contribution in [0.3, 0.4) is 0 Å². The van der Waals surface area contributed by atoms with Crippen LogP contribution in [0, 0.1) is 5.82 Å². The Bertz CT molecular complexity index is 1360. The number of hydrogen-bond acceptors (Lipinski definition) is 6. The molecule has 11 heteroatoms. The number of aromatic nitrogens is 2. The van der Waals surface area contributed by atoms with Crippen molar-refractivity contribution in [3.63, 3.8) is 0 Å². The van der Waals surface area contributed by atoms with Crippen molar-refractivity contribution in [1.82, 2.24) is 19.8 Å². The molecule has 0 aliphatic carbocycles. The summed E-state index contributed by atoms with van der Waals surface area (Å²) in [6.07, 6.45) is 2.82. The number of amides is 1. The molecule has 198 valence electrons. The average Bonchev–Trinajstić information content (AvgIpc) is 2.87. The number of likely N-dealkylation sites (tertiary alicyclic amines) is 1. The monoisotopic (exact) mass is 565 g/mol. The minimum absolute atomic E-state index is 0. The highest BCUT2D eigenvalue weighted by Gasteiger charge is 2.29. The summed E-state index contributed by atoms with van der Waals surface area (Å²) in [6.45, 7) is 4.03. The van der Waals surface area contributed by atoms with E-state index in [0.29, 0.717) is 36.3 Å². The largest absolute Gasteiger partial charge is 0.309 e. The number of fused-ring (bicyclic) bond motifs is 1. The molecule has 0 spiro atoms. The number of piperidine rings is 1. The molecule has 6 rings (SSSR count). The zero-order valence-electron chi connectivity index (χ0n) is 20.2. The summed E-state index contributed by atoms with van der Waals surface area (Å²) >= 11 is 1.52. The van der Waals surface area contributed by atoms with Crippen LogP contribution in [0.2, 0.25) is 0 Å². The van der Waals surface area contributed by atoms with Crippen molar-refractivity contribution in [3.05, 3.63) is 63.8 Å². The van der Waals surface area contributed by atoms with Crippen LogP contribution >= 0.6 is 36.6 Å². The summed E-state index contributed by atoms with van der Waals surface area (Å²) in [5.74, 6) is 0.998. The van der Waals surface area contributed by atoms with Crippen LogP contribution in [-0.4, -0.2) is 51.8 Å². The molecule has 1 amide bonds. The van der Waals surface area contributed by atoms with E-state index in [1.54, 1.807) is 28.8 Å². The van der Waals surface area contributed by atoms with E-state index in [0.717, 1.165) is 60.4 Å². The molecule has 0 bridgehead atoms. The number of anilines is 1. The van der Waals surface area contributed by atoms with Gasteiger partial charge in [0.25, 0.3) is 5.56 Å². The first-order valence-corrected chi connectivity index (χ1v) is 13.2.